The predicted molar refractivity (Wildman–Crippen MR) is 133 cm³/mol. The molecule has 1 aliphatic rings. The van der Waals surface area contributed by atoms with Crippen molar-refractivity contribution in [2.45, 2.75) is 50.9 Å². The lowest BCUT2D eigenvalue weighted by atomic mass is 10.0. The summed E-state index contributed by atoms with van der Waals surface area (Å²) in [6.45, 7) is 3.68. The second kappa shape index (κ2) is 10.9. The van der Waals surface area contributed by atoms with Crippen molar-refractivity contribution >= 4 is 23.4 Å². The molecule has 0 saturated carbocycles. The van der Waals surface area contributed by atoms with Crippen LogP contribution in [-0.2, 0) is 4.79 Å². The zero-order chi connectivity index (χ0) is 24.9. The third kappa shape index (κ3) is 4.77. The van der Waals surface area contributed by atoms with E-state index in [0.717, 1.165) is 25.0 Å². The highest BCUT2D eigenvalue weighted by Gasteiger charge is 2.45. The molecular weight excluding hydrogens is 464 g/mol. The quantitative estimate of drug-likeness (QED) is 0.251. The van der Waals surface area contributed by atoms with Crippen molar-refractivity contribution in [3.63, 3.8) is 0 Å². The van der Waals surface area contributed by atoms with Gasteiger partial charge in [0.05, 0.1) is 36.9 Å². The van der Waals surface area contributed by atoms with Gasteiger partial charge in [0.2, 0.25) is 5.91 Å². The fraction of sp³-hybridized carbons (Fsp3) is 0.385. The molecule has 0 radical (unpaired) electrons. The van der Waals surface area contributed by atoms with Crippen molar-refractivity contribution in [1.82, 2.24) is 10.1 Å². The maximum Gasteiger partial charge on any atom is 0.296 e. The van der Waals surface area contributed by atoms with Crippen LogP contribution in [0.3, 0.4) is 0 Å². The van der Waals surface area contributed by atoms with Crippen LogP contribution < -0.4 is 24.2 Å². The Morgan fingerprint density at radius 1 is 1.11 bits per heavy atom. The number of amides is 1. The summed E-state index contributed by atoms with van der Waals surface area (Å²) in [6.07, 6.45) is 3.73. The Labute approximate surface area is 209 Å². The number of rotatable bonds is 9. The average Bonchev–Trinajstić information content (AvgIpc) is 2.86. The molecule has 0 N–H and O–H groups in total. The van der Waals surface area contributed by atoms with Gasteiger partial charge < -0.3 is 14.6 Å². The van der Waals surface area contributed by atoms with Gasteiger partial charge in [-0.2, -0.15) is 0 Å². The molecule has 4 rings (SSSR count). The highest BCUT2D eigenvalue weighted by atomic mass is 32.2. The zero-order valence-corrected chi connectivity index (χ0v) is 21.3. The lowest BCUT2D eigenvalue weighted by molar-refractivity contribution is -0.764. The molecular formula is C26H30N4O4S. The van der Waals surface area contributed by atoms with Gasteiger partial charge >= 0.3 is 0 Å². The smallest absolute Gasteiger partial charge is 0.296 e. The van der Waals surface area contributed by atoms with E-state index < -0.39 is 6.17 Å². The van der Waals surface area contributed by atoms with Crippen LogP contribution in [0.1, 0.15) is 51.3 Å². The Bertz CT molecular complexity index is 1220. The number of fused-ring (bicyclic) bond motifs is 3. The molecule has 1 unspecified atom stereocenters. The predicted octanol–water partition coefficient (Wildman–Crippen LogP) is 4.11. The van der Waals surface area contributed by atoms with Crippen LogP contribution in [0.15, 0.2) is 47.6 Å². The molecule has 2 aromatic carbocycles. The number of ether oxygens (including phenoxy) is 2. The molecule has 35 heavy (non-hydrogen) atoms. The van der Waals surface area contributed by atoms with E-state index in [9.17, 15) is 9.90 Å². The van der Waals surface area contributed by atoms with Crippen LogP contribution in [0.2, 0.25) is 0 Å². The number of unbranched alkanes of at least 4 members (excludes halogenated alkanes) is 3. The third-order valence-corrected chi connectivity index (χ3v) is 6.92. The van der Waals surface area contributed by atoms with Gasteiger partial charge in [0.1, 0.15) is 0 Å². The van der Waals surface area contributed by atoms with E-state index in [1.165, 1.54) is 25.1 Å². The Hall–Kier alpha value is -3.33. The second-order valence-corrected chi connectivity index (χ2v) is 9.33. The monoisotopic (exact) mass is 494 g/mol. The molecule has 184 valence electrons. The minimum atomic E-state index is -0.752. The Kier molecular flexibility index (Phi) is 7.75. The molecule has 3 aromatic rings. The number of nitrogens with zero attached hydrogens (tertiary/aromatic N) is 4. The van der Waals surface area contributed by atoms with Crippen molar-refractivity contribution in [2.24, 2.45) is 0 Å². The standard InChI is InChI=1S/C26H30N4O4S/c1-5-6-7-10-16-35-26-27-24(32)22-18-12-8-9-14-20(18)29(17(2)31)25(30(22)28-26)19-13-11-15-21(33-3)23(19)34-4/h8-9,11-15,25H,5-7,10,16H2,1-4H3. The van der Waals surface area contributed by atoms with Gasteiger partial charge in [-0.15, -0.1) is 0 Å². The molecule has 0 saturated heterocycles. The fourth-order valence-corrected chi connectivity index (χ4v) is 5.25. The molecule has 1 aromatic heterocycles. The summed E-state index contributed by atoms with van der Waals surface area (Å²) in [5.41, 5.74) is 2.23. The first kappa shape index (κ1) is 24.8. The second-order valence-electron chi connectivity index (χ2n) is 8.26. The first-order chi connectivity index (χ1) is 17.0. The van der Waals surface area contributed by atoms with E-state index in [1.54, 1.807) is 29.9 Å². The number of aromatic nitrogens is 3. The number of hydrogen-bond acceptors (Lipinski definition) is 7. The van der Waals surface area contributed by atoms with E-state index >= 15 is 0 Å². The van der Waals surface area contributed by atoms with Gasteiger partial charge in [-0.3, -0.25) is 4.79 Å². The highest BCUT2D eigenvalue weighted by molar-refractivity contribution is 7.99. The molecule has 1 amide bonds. The van der Waals surface area contributed by atoms with Crippen LogP contribution in [0.4, 0.5) is 5.69 Å². The highest BCUT2D eigenvalue weighted by Crippen LogP contribution is 2.44. The van der Waals surface area contributed by atoms with Crippen LogP contribution in [0, 0.1) is 0 Å². The molecule has 8 nitrogen and oxygen atoms in total. The number of methoxy groups -OCH3 is 2. The topological polar surface area (TPSA) is 91.5 Å². The van der Waals surface area contributed by atoms with Crippen molar-refractivity contribution in [3.05, 3.63) is 48.0 Å². The van der Waals surface area contributed by atoms with Crippen molar-refractivity contribution in [2.75, 3.05) is 24.9 Å². The minimum Gasteiger partial charge on any atom is -0.854 e. The number of hydrogen-bond donors (Lipinski definition) is 0. The molecule has 2 heterocycles. The number of thioether (sulfide) groups is 1. The molecule has 0 aliphatic carbocycles. The normalized spacial score (nSPS) is 14.3. The summed E-state index contributed by atoms with van der Waals surface area (Å²) >= 11 is 1.46. The van der Waals surface area contributed by atoms with E-state index in [4.69, 9.17) is 14.6 Å². The number of para-hydroxylation sites is 2. The SMILES string of the molecule is CCCCCCSc1nc([O-])c2[n+](n1)C(c1cccc(OC)c1OC)N(C(C)=O)c1ccccc1-2. The van der Waals surface area contributed by atoms with Gasteiger partial charge in [0, 0.05) is 17.8 Å². The molecule has 9 heteroatoms. The number of carbonyl (C=O) groups excluding carboxylic acids is 1. The van der Waals surface area contributed by atoms with E-state index in [1.807, 2.05) is 36.4 Å². The Morgan fingerprint density at radius 3 is 2.63 bits per heavy atom. The van der Waals surface area contributed by atoms with Gasteiger partial charge in [-0.05, 0) is 30.7 Å². The maximum atomic E-state index is 13.4. The minimum absolute atomic E-state index is 0.190. The summed E-state index contributed by atoms with van der Waals surface area (Å²) in [4.78, 5) is 19.0. The summed E-state index contributed by atoms with van der Waals surface area (Å²) in [7, 11) is 3.12. The van der Waals surface area contributed by atoms with E-state index in [0.29, 0.717) is 39.2 Å². The van der Waals surface area contributed by atoms with Crippen molar-refractivity contribution < 1.29 is 24.1 Å². The van der Waals surface area contributed by atoms with E-state index in [-0.39, 0.29) is 11.8 Å². The Morgan fingerprint density at radius 2 is 1.91 bits per heavy atom. The lowest BCUT2D eigenvalue weighted by Crippen LogP contribution is -2.58. The fourth-order valence-electron chi connectivity index (χ4n) is 4.42. The van der Waals surface area contributed by atoms with Crippen molar-refractivity contribution in [3.8, 4) is 28.6 Å². The molecule has 0 spiro atoms. The Balaban J connectivity index is 1.91. The van der Waals surface area contributed by atoms with E-state index in [2.05, 4.69) is 11.9 Å². The number of carbonyl (C=O) groups is 1. The number of anilines is 1. The molecule has 1 atom stereocenters. The van der Waals surface area contributed by atoms with Gasteiger partial charge in [0.15, 0.2) is 11.5 Å². The maximum absolute atomic E-state index is 13.4. The summed E-state index contributed by atoms with van der Waals surface area (Å²) in [6, 6.07) is 12.8. The van der Waals surface area contributed by atoms with Crippen LogP contribution in [0.25, 0.3) is 11.3 Å². The third-order valence-electron chi connectivity index (χ3n) is 6.00. The van der Waals surface area contributed by atoms with Crippen molar-refractivity contribution in [1.29, 1.82) is 0 Å². The first-order valence-electron chi connectivity index (χ1n) is 11.8. The zero-order valence-electron chi connectivity index (χ0n) is 20.5. The van der Waals surface area contributed by atoms with Gasteiger partial charge in [-0.25, -0.2) is 9.88 Å². The van der Waals surface area contributed by atoms with Crippen LogP contribution in [-0.4, -0.2) is 36.0 Å². The largest absolute Gasteiger partial charge is 0.854 e. The molecule has 1 aliphatic heterocycles. The first-order valence-corrected chi connectivity index (χ1v) is 12.7. The molecule has 0 fully saturated rings. The summed E-state index contributed by atoms with van der Waals surface area (Å²) in [5, 5.41) is 18.6. The lowest BCUT2D eigenvalue weighted by Gasteiger charge is -2.33. The van der Waals surface area contributed by atoms with Crippen LogP contribution >= 0.6 is 11.8 Å². The van der Waals surface area contributed by atoms with Gasteiger partial charge in [0.25, 0.3) is 17.0 Å². The average molecular weight is 495 g/mol. The van der Waals surface area contributed by atoms with Crippen LogP contribution in [0.5, 0.6) is 17.4 Å². The summed E-state index contributed by atoms with van der Waals surface area (Å²) < 4.78 is 12.8. The molecule has 0 bridgehead atoms. The van der Waals surface area contributed by atoms with Gasteiger partial charge in [-0.1, -0.05) is 60.8 Å². The number of benzene rings is 2. The summed E-state index contributed by atoms with van der Waals surface area (Å²) in [5.74, 6) is 1.25.